The molecule has 6 aromatic rings. The number of rotatable bonds is 16. The van der Waals surface area contributed by atoms with Gasteiger partial charge in [-0.25, -0.2) is 9.97 Å². The molecule has 0 spiro atoms. The Kier molecular flexibility index (Phi) is 17.0. The molecule has 2 aromatic heterocycles. The topological polar surface area (TPSA) is 188 Å². The normalized spacial score (nSPS) is 13.2. The van der Waals surface area contributed by atoms with E-state index in [1.807, 2.05) is 47.8 Å². The first-order valence-electron chi connectivity index (χ1n) is 20.5. The van der Waals surface area contributed by atoms with E-state index in [0.717, 1.165) is 62.7 Å². The molecule has 0 saturated carbocycles. The van der Waals surface area contributed by atoms with Crippen LogP contribution in [0.3, 0.4) is 0 Å². The predicted octanol–water partition coefficient (Wildman–Crippen LogP) is 9.66. The van der Waals surface area contributed by atoms with E-state index >= 15 is 0 Å². The lowest BCUT2D eigenvalue weighted by molar-refractivity contribution is -0.385. The summed E-state index contributed by atoms with van der Waals surface area (Å²) in [4.78, 5) is 34.2. The van der Waals surface area contributed by atoms with E-state index in [4.69, 9.17) is 23.9 Å². The maximum Gasteiger partial charge on any atom is 0.270 e. The van der Waals surface area contributed by atoms with Crippen molar-refractivity contribution in [1.82, 2.24) is 20.2 Å². The first kappa shape index (κ1) is 46.2. The number of aromatic nitrogens is 2. The third kappa shape index (κ3) is 13.1. The molecule has 18 heteroatoms. The Bertz CT molecular complexity index is 2430. The number of thiazole rings is 2. The molecule has 2 fully saturated rings. The maximum atomic E-state index is 11.3. The molecule has 3 N–H and O–H groups in total. The molecule has 63 heavy (non-hydrogen) atoms. The van der Waals surface area contributed by atoms with E-state index in [1.165, 1.54) is 68.3 Å². The highest BCUT2D eigenvalue weighted by Gasteiger charge is 2.20. The van der Waals surface area contributed by atoms with Crippen molar-refractivity contribution in [3.05, 3.63) is 127 Å². The largest absolute Gasteiger partial charge is 0.493 e. The Morgan fingerprint density at radius 3 is 1.73 bits per heavy atom. The van der Waals surface area contributed by atoms with Gasteiger partial charge in [0.2, 0.25) is 0 Å². The summed E-state index contributed by atoms with van der Waals surface area (Å²) in [6.45, 7) is 6.59. The fraction of sp³-hybridized carbons (Fsp3) is 0.333. The average molecular weight is 897 g/mol. The first-order chi connectivity index (χ1) is 30.7. The highest BCUT2D eigenvalue weighted by molar-refractivity contribution is 7.16. The second kappa shape index (κ2) is 23.2. The van der Waals surface area contributed by atoms with E-state index in [-0.39, 0.29) is 16.3 Å². The molecule has 0 aliphatic carbocycles. The number of methoxy groups -OCH3 is 4. The van der Waals surface area contributed by atoms with Crippen LogP contribution in [0.15, 0.2) is 90.3 Å². The molecule has 2 aliphatic heterocycles. The molecule has 8 rings (SSSR count). The molecule has 2 aliphatic rings. The molecule has 332 valence electrons. The fourth-order valence-electron chi connectivity index (χ4n) is 6.90. The third-order valence-corrected chi connectivity index (χ3v) is 12.0. The summed E-state index contributed by atoms with van der Waals surface area (Å²) >= 11 is 3.05. The number of ether oxygens (including phenoxy) is 4. The van der Waals surface area contributed by atoms with Gasteiger partial charge in [0.15, 0.2) is 33.3 Å². The summed E-state index contributed by atoms with van der Waals surface area (Å²) in [5.74, 6) is 2.71. The molecular weight excluding hydrogens is 845 g/mol. The van der Waals surface area contributed by atoms with Crippen molar-refractivity contribution in [2.45, 2.75) is 45.3 Å². The molecular formula is C45H52N8O8S2. The molecule has 4 aromatic carbocycles. The number of nitro benzene ring substituents is 2. The Hall–Kier alpha value is -6.34. The monoisotopic (exact) mass is 896 g/mol. The first-order valence-corrected chi connectivity index (χ1v) is 22.1. The highest BCUT2D eigenvalue weighted by Crippen LogP contribution is 2.36. The number of non-ortho nitro benzene ring substituents is 2. The number of benzene rings is 4. The minimum atomic E-state index is -0.411. The lowest BCUT2D eigenvalue weighted by Gasteiger charge is -2.13. The number of nitrogens with zero attached hydrogens (tertiary/aromatic N) is 5. The van der Waals surface area contributed by atoms with Gasteiger partial charge in [-0.05, 0) is 87.3 Å². The second-order valence-corrected chi connectivity index (χ2v) is 16.4. The quantitative estimate of drug-likeness (QED) is 0.0615. The lowest BCUT2D eigenvalue weighted by atomic mass is 10.1. The SMILES string of the molecule is C1CCNC1.COc1ccc(CNc2nc(-c3cccc([N+](=O)[O-])c3)c(CN3CCCC3)s2)cc1OC.COc1ccc(CNc2nc(-c3cccc([N+](=O)[O-])c3)cs2)cc1OC. The molecule has 0 radical (unpaired) electrons. The summed E-state index contributed by atoms with van der Waals surface area (Å²) in [6.07, 6.45) is 5.19. The molecule has 2 saturated heterocycles. The molecule has 0 atom stereocenters. The standard InChI is InChI=1S/C23H26N4O4S.C18H17N3O4S.C4H9N/c1-30-19-9-8-16(12-20(19)31-2)14-24-23-25-22(17-6-5-7-18(13-17)27(28)29)21(32-23)15-26-10-3-4-11-26;1-24-16-7-6-12(8-17(16)25-2)10-19-18-20-15(11-26-18)13-4-3-5-14(9-13)21(22)23;1-2-4-5-3-1/h5-9,12-13H,3-4,10-11,14-15H2,1-2H3,(H,24,25);3-9,11H,10H2,1-2H3,(H,19,20);5H,1-4H2. The zero-order valence-corrected chi connectivity index (χ0v) is 37.4. The Morgan fingerprint density at radius 2 is 1.21 bits per heavy atom. The van der Waals surface area contributed by atoms with Gasteiger partial charge < -0.3 is 34.9 Å². The zero-order chi connectivity index (χ0) is 44.6. The Labute approximate surface area is 374 Å². The number of hydrogen-bond acceptors (Lipinski definition) is 16. The minimum absolute atomic E-state index is 0.0512. The molecule has 0 unspecified atom stereocenters. The number of nitrogens with one attached hydrogen (secondary N) is 3. The molecule has 4 heterocycles. The van der Waals surface area contributed by atoms with Crippen LogP contribution in [0.2, 0.25) is 0 Å². The summed E-state index contributed by atoms with van der Waals surface area (Å²) in [5.41, 5.74) is 5.18. The minimum Gasteiger partial charge on any atom is -0.493 e. The lowest BCUT2D eigenvalue weighted by Crippen LogP contribution is -2.18. The van der Waals surface area contributed by atoms with Gasteiger partial charge in [-0.15, -0.1) is 22.7 Å². The highest BCUT2D eigenvalue weighted by atomic mass is 32.1. The van der Waals surface area contributed by atoms with E-state index in [2.05, 4.69) is 25.8 Å². The van der Waals surface area contributed by atoms with Crippen LogP contribution in [0.25, 0.3) is 22.5 Å². The predicted molar refractivity (Wildman–Crippen MR) is 249 cm³/mol. The maximum absolute atomic E-state index is 11.3. The summed E-state index contributed by atoms with van der Waals surface area (Å²) < 4.78 is 21.2. The average Bonchev–Trinajstić information content (AvgIpc) is 4.18. The van der Waals surface area contributed by atoms with Gasteiger partial charge in [-0.2, -0.15) is 0 Å². The van der Waals surface area contributed by atoms with Gasteiger partial charge in [0.05, 0.1) is 49.7 Å². The van der Waals surface area contributed by atoms with Crippen LogP contribution >= 0.6 is 22.7 Å². The van der Waals surface area contributed by atoms with Crippen LogP contribution in [0.5, 0.6) is 23.0 Å². The van der Waals surface area contributed by atoms with Crippen LogP contribution in [-0.2, 0) is 19.6 Å². The van der Waals surface area contributed by atoms with E-state index in [9.17, 15) is 20.2 Å². The van der Waals surface area contributed by atoms with Gasteiger partial charge in [-0.1, -0.05) is 36.4 Å². The van der Waals surface area contributed by atoms with Gasteiger partial charge in [0.25, 0.3) is 11.4 Å². The smallest absolute Gasteiger partial charge is 0.270 e. The molecule has 16 nitrogen and oxygen atoms in total. The summed E-state index contributed by atoms with van der Waals surface area (Å²) in [6, 6.07) is 24.6. The van der Waals surface area contributed by atoms with E-state index < -0.39 is 4.92 Å². The van der Waals surface area contributed by atoms with Crippen molar-refractivity contribution in [3.63, 3.8) is 0 Å². The molecule has 0 bridgehead atoms. The van der Waals surface area contributed by atoms with Crippen LogP contribution in [0.4, 0.5) is 21.6 Å². The number of hydrogen-bond donors (Lipinski definition) is 3. The third-order valence-electron chi connectivity index (χ3n) is 10.2. The van der Waals surface area contributed by atoms with Crippen LogP contribution in [0.1, 0.15) is 41.7 Å². The Morgan fingerprint density at radius 1 is 0.667 bits per heavy atom. The number of likely N-dealkylation sites (tertiary alicyclic amines) is 1. The van der Waals surface area contributed by atoms with Gasteiger partial charge in [0, 0.05) is 65.3 Å². The van der Waals surface area contributed by atoms with Gasteiger partial charge in [0.1, 0.15) is 0 Å². The zero-order valence-electron chi connectivity index (χ0n) is 35.8. The van der Waals surface area contributed by atoms with Crippen molar-refractivity contribution in [2.75, 3.05) is 65.3 Å². The Balaban J connectivity index is 0.000000192. The van der Waals surface area contributed by atoms with Crippen molar-refractivity contribution in [3.8, 4) is 45.5 Å². The summed E-state index contributed by atoms with van der Waals surface area (Å²) in [5, 5.41) is 35.4. The number of anilines is 2. The van der Waals surface area contributed by atoms with Gasteiger partial charge >= 0.3 is 0 Å². The van der Waals surface area contributed by atoms with Crippen LogP contribution in [-0.4, -0.2) is 79.3 Å². The summed E-state index contributed by atoms with van der Waals surface area (Å²) in [7, 11) is 6.43. The fourth-order valence-corrected chi connectivity index (χ4v) is 8.64. The van der Waals surface area contributed by atoms with Gasteiger partial charge in [-0.3, -0.25) is 25.1 Å². The van der Waals surface area contributed by atoms with Crippen molar-refractivity contribution >= 4 is 44.3 Å². The number of nitro groups is 2. The van der Waals surface area contributed by atoms with Crippen molar-refractivity contribution in [2.24, 2.45) is 0 Å². The van der Waals surface area contributed by atoms with Crippen LogP contribution in [0, 0.1) is 20.2 Å². The van der Waals surface area contributed by atoms with E-state index in [0.29, 0.717) is 41.8 Å². The second-order valence-electron chi connectivity index (χ2n) is 14.5. The molecule has 0 amide bonds. The van der Waals surface area contributed by atoms with Crippen LogP contribution < -0.4 is 34.9 Å². The van der Waals surface area contributed by atoms with E-state index in [1.54, 1.807) is 64.0 Å². The van der Waals surface area contributed by atoms with Crippen molar-refractivity contribution < 1.29 is 28.8 Å². The van der Waals surface area contributed by atoms with Crippen molar-refractivity contribution in [1.29, 1.82) is 0 Å².